The fraction of sp³-hybridized carbons (Fsp3) is 0.600. The molecule has 106 valence electrons. The molecule has 1 aliphatic rings. The zero-order chi connectivity index (χ0) is 13.6. The topological polar surface area (TPSA) is 41.5 Å². The molecule has 1 aromatic carbocycles. The van der Waals surface area contributed by atoms with Crippen LogP contribution in [0.2, 0.25) is 0 Å². The largest absolute Gasteiger partial charge is 0.492 e. The number of benzene rings is 1. The van der Waals surface area contributed by atoms with Gasteiger partial charge in [0.25, 0.3) is 0 Å². The summed E-state index contributed by atoms with van der Waals surface area (Å²) in [7, 11) is 0. The lowest BCUT2D eigenvalue weighted by Crippen LogP contribution is -2.36. The van der Waals surface area contributed by atoms with Crippen LogP contribution in [-0.4, -0.2) is 31.4 Å². The average Bonchev–Trinajstić information content (AvgIpc) is 2.90. The number of aliphatic hydroxyl groups is 1. The first kappa shape index (κ1) is 14.8. The van der Waals surface area contributed by atoms with E-state index in [9.17, 15) is 5.11 Å². The molecule has 2 rings (SSSR count). The van der Waals surface area contributed by atoms with Crippen molar-refractivity contribution in [2.24, 2.45) is 5.41 Å². The molecule has 0 atom stereocenters. The summed E-state index contributed by atoms with van der Waals surface area (Å²) >= 11 is 3.40. The van der Waals surface area contributed by atoms with E-state index in [1.165, 1.54) is 12.8 Å². The van der Waals surface area contributed by atoms with Gasteiger partial charge < -0.3 is 15.2 Å². The number of hydrogen-bond donors (Lipinski definition) is 2. The fourth-order valence-corrected chi connectivity index (χ4v) is 2.91. The van der Waals surface area contributed by atoms with Gasteiger partial charge in [-0.3, -0.25) is 0 Å². The van der Waals surface area contributed by atoms with E-state index in [-0.39, 0.29) is 5.41 Å². The Balaban J connectivity index is 1.63. The van der Waals surface area contributed by atoms with Crippen LogP contribution in [0.15, 0.2) is 28.7 Å². The maximum atomic E-state index is 9.50. The highest BCUT2D eigenvalue weighted by molar-refractivity contribution is 9.10. The summed E-state index contributed by atoms with van der Waals surface area (Å²) in [6.45, 7) is 2.67. The molecule has 0 radical (unpaired) electrons. The van der Waals surface area contributed by atoms with Crippen LogP contribution in [0.4, 0.5) is 0 Å². The third-order valence-corrected chi connectivity index (χ3v) is 4.39. The molecule has 0 bridgehead atoms. The van der Waals surface area contributed by atoms with Crippen LogP contribution in [0, 0.1) is 5.41 Å². The van der Waals surface area contributed by atoms with Gasteiger partial charge in [0, 0.05) is 29.6 Å². The highest BCUT2D eigenvalue weighted by Crippen LogP contribution is 2.36. The fourth-order valence-electron chi connectivity index (χ4n) is 2.64. The molecule has 3 nitrogen and oxygen atoms in total. The smallest absolute Gasteiger partial charge is 0.119 e. The van der Waals surface area contributed by atoms with Gasteiger partial charge in [-0.05, 0) is 37.1 Å². The zero-order valence-electron chi connectivity index (χ0n) is 11.2. The predicted octanol–water partition coefficient (Wildman–Crippen LogP) is 2.97. The zero-order valence-corrected chi connectivity index (χ0v) is 12.8. The van der Waals surface area contributed by atoms with Crippen LogP contribution >= 0.6 is 15.9 Å². The van der Waals surface area contributed by atoms with Gasteiger partial charge in [0.2, 0.25) is 0 Å². The lowest BCUT2D eigenvalue weighted by atomic mass is 9.87. The quantitative estimate of drug-likeness (QED) is 0.756. The van der Waals surface area contributed by atoms with Crippen LogP contribution in [0.25, 0.3) is 0 Å². The molecule has 1 aromatic rings. The molecule has 0 heterocycles. The Hall–Kier alpha value is -0.580. The van der Waals surface area contributed by atoms with E-state index >= 15 is 0 Å². The maximum absolute atomic E-state index is 9.50. The predicted molar refractivity (Wildman–Crippen MR) is 80.5 cm³/mol. The molecule has 2 N–H and O–H groups in total. The van der Waals surface area contributed by atoms with E-state index in [1.807, 2.05) is 24.3 Å². The minimum absolute atomic E-state index is 0.123. The molecular formula is C15H22BrNO2. The first-order valence-corrected chi connectivity index (χ1v) is 7.73. The van der Waals surface area contributed by atoms with E-state index in [0.717, 1.165) is 36.2 Å². The van der Waals surface area contributed by atoms with Gasteiger partial charge in [-0.1, -0.05) is 28.8 Å². The summed E-state index contributed by atoms with van der Waals surface area (Å²) in [5, 5.41) is 12.9. The van der Waals surface area contributed by atoms with Crippen LogP contribution in [-0.2, 0) is 0 Å². The highest BCUT2D eigenvalue weighted by atomic mass is 79.9. The lowest BCUT2D eigenvalue weighted by molar-refractivity contribution is 0.127. The summed E-state index contributed by atoms with van der Waals surface area (Å²) in [6, 6.07) is 7.86. The lowest BCUT2D eigenvalue weighted by Gasteiger charge is -2.26. The SMILES string of the molecule is OCC1(CNCCOc2ccc(Br)cc2)CCCC1. The molecule has 0 aliphatic heterocycles. The summed E-state index contributed by atoms with van der Waals surface area (Å²) < 4.78 is 6.71. The Labute approximate surface area is 123 Å². The van der Waals surface area contributed by atoms with Crippen LogP contribution < -0.4 is 10.1 Å². The van der Waals surface area contributed by atoms with Gasteiger partial charge in [0.1, 0.15) is 12.4 Å². The van der Waals surface area contributed by atoms with E-state index in [1.54, 1.807) is 0 Å². The molecule has 0 aromatic heterocycles. The Kier molecular flexibility index (Phi) is 5.67. The Bertz CT molecular complexity index is 374. The Morgan fingerprint density at radius 3 is 2.53 bits per heavy atom. The van der Waals surface area contributed by atoms with Crippen molar-refractivity contribution in [3.8, 4) is 5.75 Å². The van der Waals surface area contributed by atoms with Crippen molar-refractivity contribution in [1.82, 2.24) is 5.32 Å². The average molecular weight is 328 g/mol. The van der Waals surface area contributed by atoms with Crippen molar-refractivity contribution in [1.29, 1.82) is 0 Å². The molecule has 19 heavy (non-hydrogen) atoms. The number of ether oxygens (including phenoxy) is 1. The van der Waals surface area contributed by atoms with Crippen molar-refractivity contribution in [2.45, 2.75) is 25.7 Å². The van der Waals surface area contributed by atoms with E-state index in [0.29, 0.717) is 13.2 Å². The normalized spacial score (nSPS) is 17.6. The van der Waals surface area contributed by atoms with Gasteiger partial charge in [-0.2, -0.15) is 0 Å². The van der Waals surface area contributed by atoms with Crippen molar-refractivity contribution in [2.75, 3.05) is 26.3 Å². The number of halogens is 1. The Morgan fingerprint density at radius 2 is 1.89 bits per heavy atom. The van der Waals surface area contributed by atoms with Crippen molar-refractivity contribution in [3.63, 3.8) is 0 Å². The number of hydrogen-bond acceptors (Lipinski definition) is 3. The summed E-state index contributed by atoms with van der Waals surface area (Å²) in [5.74, 6) is 0.891. The van der Waals surface area contributed by atoms with Crippen LogP contribution in [0.3, 0.4) is 0 Å². The third-order valence-electron chi connectivity index (χ3n) is 3.86. The maximum Gasteiger partial charge on any atom is 0.119 e. The molecule has 0 amide bonds. The second-order valence-corrected chi connectivity index (χ2v) is 6.26. The molecule has 1 fully saturated rings. The summed E-state index contributed by atoms with van der Waals surface area (Å²) in [4.78, 5) is 0. The van der Waals surface area contributed by atoms with Crippen molar-refractivity contribution < 1.29 is 9.84 Å². The molecular weight excluding hydrogens is 306 g/mol. The van der Waals surface area contributed by atoms with Crippen LogP contribution in [0.1, 0.15) is 25.7 Å². The van der Waals surface area contributed by atoms with Crippen molar-refractivity contribution >= 4 is 15.9 Å². The highest BCUT2D eigenvalue weighted by Gasteiger charge is 2.32. The molecule has 0 saturated heterocycles. The van der Waals surface area contributed by atoms with Crippen LogP contribution in [0.5, 0.6) is 5.75 Å². The minimum Gasteiger partial charge on any atom is -0.492 e. The van der Waals surface area contributed by atoms with Gasteiger partial charge in [0.05, 0.1) is 0 Å². The number of nitrogens with one attached hydrogen (secondary N) is 1. The van der Waals surface area contributed by atoms with E-state index in [2.05, 4.69) is 21.2 Å². The van der Waals surface area contributed by atoms with Gasteiger partial charge >= 0.3 is 0 Å². The molecule has 4 heteroatoms. The standard InChI is InChI=1S/C15H22BrNO2/c16-13-3-5-14(6-4-13)19-10-9-17-11-15(12-18)7-1-2-8-15/h3-6,17-18H,1-2,7-12H2. The number of aliphatic hydroxyl groups excluding tert-OH is 1. The summed E-state index contributed by atoms with van der Waals surface area (Å²) in [6.07, 6.45) is 4.78. The van der Waals surface area contributed by atoms with E-state index in [4.69, 9.17) is 4.74 Å². The molecule has 0 unspecified atom stereocenters. The second-order valence-electron chi connectivity index (χ2n) is 5.34. The van der Waals surface area contributed by atoms with E-state index < -0.39 is 0 Å². The second kappa shape index (κ2) is 7.27. The number of rotatable bonds is 7. The van der Waals surface area contributed by atoms with Gasteiger partial charge in [-0.25, -0.2) is 0 Å². The van der Waals surface area contributed by atoms with Gasteiger partial charge in [-0.15, -0.1) is 0 Å². The molecule has 0 spiro atoms. The molecule has 1 saturated carbocycles. The monoisotopic (exact) mass is 327 g/mol. The Morgan fingerprint density at radius 1 is 1.21 bits per heavy atom. The first-order chi connectivity index (χ1) is 9.24. The third kappa shape index (κ3) is 4.48. The minimum atomic E-state index is 0.123. The molecule has 1 aliphatic carbocycles. The first-order valence-electron chi connectivity index (χ1n) is 6.94. The van der Waals surface area contributed by atoms with Crippen molar-refractivity contribution in [3.05, 3.63) is 28.7 Å². The summed E-state index contributed by atoms with van der Waals surface area (Å²) in [5.41, 5.74) is 0.123. The van der Waals surface area contributed by atoms with Gasteiger partial charge in [0.15, 0.2) is 0 Å².